The first-order chi connectivity index (χ1) is 14.4. The van der Waals surface area contributed by atoms with Crippen LogP contribution in [-0.4, -0.2) is 53.1 Å². The van der Waals surface area contributed by atoms with Gasteiger partial charge in [-0.25, -0.2) is 14.0 Å². The fourth-order valence-corrected chi connectivity index (χ4v) is 4.15. The molecule has 0 atom stereocenters. The number of fused-ring (bicyclic) bond motifs is 2. The van der Waals surface area contributed by atoms with Crippen LogP contribution in [0.15, 0.2) is 30.6 Å². The molecule has 4 aromatic rings. The van der Waals surface area contributed by atoms with Crippen molar-refractivity contribution in [1.29, 1.82) is 0 Å². The number of nitrogens with zero attached hydrogens (tertiary/aromatic N) is 6. The molecule has 2 N–H and O–H groups in total. The molecule has 5 rings (SSSR count). The Morgan fingerprint density at radius 2 is 1.93 bits per heavy atom. The molecule has 1 aliphatic carbocycles. The Kier molecular flexibility index (Phi) is 4.35. The first-order valence-corrected chi connectivity index (χ1v) is 10.2. The molecular weight excluding hydrogens is 382 g/mol. The van der Waals surface area contributed by atoms with Crippen molar-refractivity contribution < 1.29 is 9.84 Å². The fourth-order valence-electron chi connectivity index (χ4n) is 4.15. The summed E-state index contributed by atoms with van der Waals surface area (Å²) in [5, 5.41) is 22.6. The Hall–Kier alpha value is -3.20. The number of hydrogen-bond acceptors (Lipinski definition) is 7. The fraction of sp³-hybridized carbons (Fsp3) is 0.429. The number of methoxy groups -OCH3 is 1. The SMILES string of the molecule is COc1nc(N[C@H]2CC[C@](C)(O)CC2)nn2ccc(-c3ccc4nc(C)nn4c3)c12. The van der Waals surface area contributed by atoms with Crippen molar-refractivity contribution in [3.8, 4) is 17.0 Å². The second-order valence-corrected chi connectivity index (χ2v) is 8.26. The van der Waals surface area contributed by atoms with Crippen molar-refractivity contribution in [1.82, 2.24) is 29.2 Å². The summed E-state index contributed by atoms with van der Waals surface area (Å²) in [6.45, 7) is 3.77. The molecule has 0 radical (unpaired) electrons. The first-order valence-electron chi connectivity index (χ1n) is 10.2. The highest BCUT2D eigenvalue weighted by molar-refractivity contribution is 5.84. The standard InChI is InChI=1S/C21H25N7O2/c1-13-22-17-5-4-14(12-28(17)25-13)16-8-11-27-18(16)19(30-3)24-20(26-27)23-15-6-9-21(2,29)10-7-15/h4-5,8,11-12,15,29H,6-7,9-10H2,1-3H3,(H,23,26)/t15-,21-. The van der Waals surface area contributed by atoms with Gasteiger partial charge in [0.25, 0.3) is 0 Å². The summed E-state index contributed by atoms with van der Waals surface area (Å²) in [6, 6.07) is 6.19. The van der Waals surface area contributed by atoms with Crippen molar-refractivity contribution >= 4 is 17.1 Å². The summed E-state index contributed by atoms with van der Waals surface area (Å²) in [6.07, 6.45) is 7.15. The molecule has 156 valence electrons. The van der Waals surface area contributed by atoms with Crippen LogP contribution in [0.3, 0.4) is 0 Å². The van der Waals surface area contributed by atoms with E-state index in [0.29, 0.717) is 11.8 Å². The van der Waals surface area contributed by atoms with E-state index in [1.54, 1.807) is 16.1 Å². The van der Waals surface area contributed by atoms with Gasteiger partial charge >= 0.3 is 0 Å². The number of anilines is 1. The number of aromatic nitrogens is 6. The van der Waals surface area contributed by atoms with Gasteiger partial charge in [-0.2, -0.15) is 10.1 Å². The number of nitrogens with one attached hydrogen (secondary N) is 1. The van der Waals surface area contributed by atoms with Gasteiger partial charge in [0.05, 0.1) is 12.7 Å². The van der Waals surface area contributed by atoms with E-state index in [4.69, 9.17) is 4.74 Å². The number of pyridine rings is 1. The van der Waals surface area contributed by atoms with E-state index in [-0.39, 0.29) is 6.04 Å². The molecule has 0 unspecified atom stereocenters. The predicted molar refractivity (Wildman–Crippen MR) is 113 cm³/mol. The zero-order valence-corrected chi connectivity index (χ0v) is 17.3. The maximum absolute atomic E-state index is 10.2. The third kappa shape index (κ3) is 3.35. The molecule has 4 heterocycles. The monoisotopic (exact) mass is 407 g/mol. The van der Waals surface area contributed by atoms with Crippen molar-refractivity contribution in [2.45, 2.75) is 51.2 Å². The molecular formula is C21H25N7O2. The van der Waals surface area contributed by atoms with E-state index in [1.165, 1.54) is 0 Å². The highest BCUT2D eigenvalue weighted by atomic mass is 16.5. The highest BCUT2D eigenvalue weighted by Gasteiger charge is 2.29. The van der Waals surface area contributed by atoms with Crippen molar-refractivity contribution in [2.24, 2.45) is 0 Å². The minimum Gasteiger partial charge on any atom is -0.479 e. The molecule has 0 aliphatic heterocycles. The summed E-state index contributed by atoms with van der Waals surface area (Å²) in [4.78, 5) is 8.99. The summed E-state index contributed by atoms with van der Waals surface area (Å²) in [7, 11) is 1.62. The van der Waals surface area contributed by atoms with E-state index < -0.39 is 5.60 Å². The third-order valence-electron chi connectivity index (χ3n) is 5.82. The maximum atomic E-state index is 10.2. The van der Waals surface area contributed by atoms with Gasteiger partial charge in [0.15, 0.2) is 5.65 Å². The van der Waals surface area contributed by atoms with E-state index in [9.17, 15) is 5.11 Å². The first kappa shape index (κ1) is 18.8. The van der Waals surface area contributed by atoms with Crippen molar-refractivity contribution in [3.05, 3.63) is 36.4 Å². The molecule has 1 aliphatic rings. The number of aliphatic hydroxyl groups is 1. The van der Waals surface area contributed by atoms with Crippen LogP contribution in [-0.2, 0) is 0 Å². The molecule has 1 saturated carbocycles. The molecule has 0 aromatic carbocycles. The highest BCUT2D eigenvalue weighted by Crippen LogP contribution is 2.33. The molecule has 0 amide bonds. The molecule has 9 heteroatoms. The smallest absolute Gasteiger partial charge is 0.244 e. The van der Waals surface area contributed by atoms with Gasteiger partial charge in [0.1, 0.15) is 11.3 Å². The van der Waals surface area contributed by atoms with Crippen molar-refractivity contribution in [3.63, 3.8) is 0 Å². The number of aryl methyl sites for hydroxylation is 1. The van der Waals surface area contributed by atoms with Crippen LogP contribution in [0.4, 0.5) is 5.95 Å². The Balaban J connectivity index is 1.49. The van der Waals surface area contributed by atoms with Gasteiger partial charge in [0.2, 0.25) is 11.8 Å². The minimum atomic E-state index is -0.570. The van der Waals surface area contributed by atoms with Crippen LogP contribution >= 0.6 is 0 Å². The summed E-state index contributed by atoms with van der Waals surface area (Å²) in [5.74, 6) is 1.76. The number of rotatable bonds is 4. The average molecular weight is 407 g/mol. The largest absolute Gasteiger partial charge is 0.479 e. The van der Waals surface area contributed by atoms with Gasteiger partial charge in [-0.05, 0) is 57.7 Å². The van der Waals surface area contributed by atoms with Gasteiger partial charge in [-0.1, -0.05) is 0 Å². The van der Waals surface area contributed by atoms with E-state index in [0.717, 1.165) is 53.8 Å². The quantitative estimate of drug-likeness (QED) is 0.536. The summed E-state index contributed by atoms with van der Waals surface area (Å²) >= 11 is 0. The zero-order chi connectivity index (χ0) is 20.9. The molecule has 9 nitrogen and oxygen atoms in total. The number of ether oxygens (including phenoxy) is 1. The van der Waals surface area contributed by atoms with Gasteiger partial charge < -0.3 is 15.2 Å². The van der Waals surface area contributed by atoms with Crippen LogP contribution in [0.5, 0.6) is 5.88 Å². The molecule has 0 saturated heterocycles. The lowest BCUT2D eigenvalue weighted by molar-refractivity contribution is 0.0195. The Bertz CT molecular complexity index is 1220. The summed E-state index contributed by atoms with van der Waals surface area (Å²) in [5.41, 5.74) is 2.97. The molecule has 0 bridgehead atoms. The van der Waals surface area contributed by atoms with Crippen LogP contribution in [0.1, 0.15) is 38.4 Å². The van der Waals surface area contributed by atoms with E-state index in [2.05, 4.69) is 25.5 Å². The lowest BCUT2D eigenvalue weighted by atomic mass is 9.84. The molecule has 4 aromatic heterocycles. The Labute approximate surface area is 173 Å². The topological polar surface area (TPSA) is 102 Å². The normalized spacial score (nSPS) is 21.9. The number of hydrogen-bond donors (Lipinski definition) is 2. The molecule has 30 heavy (non-hydrogen) atoms. The lowest BCUT2D eigenvalue weighted by Gasteiger charge is -2.33. The second-order valence-electron chi connectivity index (χ2n) is 8.26. The van der Waals surface area contributed by atoms with Gasteiger partial charge in [-0.3, -0.25) is 0 Å². The van der Waals surface area contributed by atoms with Gasteiger partial charge in [-0.15, -0.1) is 5.10 Å². The van der Waals surface area contributed by atoms with Crippen molar-refractivity contribution in [2.75, 3.05) is 12.4 Å². The minimum absolute atomic E-state index is 0.236. The zero-order valence-electron chi connectivity index (χ0n) is 17.3. The molecule has 0 spiro atoms. The van der Waals surface area contributed by atoms with Crippen LogP contribution in [0, 0.1) is 6.92 Å². The lowest BCUT2D eigenvalue weighted by Crippen LogP contribution is -2.36. The Morgan fingerprint density at radius 3 is 2.70 bits per heavy atom. The van der Waals surface area contributed by atoms with E-state index in [1.807, 2.05) is 44.4 Å². The van der Waals surface area contributed by atoms with Crippen LogP contribution in [0.2, 0.25) is 0 Å². The molecule has 1 fully saturated rings. The average Bonchev–Trinajstić information content (AvgIpc) is 3.30. The Morgan fingerprint density at radius 1 is 1.13 bits per heavy atom. The second kappa shape index (κ2) is 6.94. The third-order valence-corrected chi connectivity index (χ3v) is 5.82. The maximum Gasteiger partial charge on any atom is 0.244 e. The predicted octanol–water partition coefficient (Wildman–Crippen LogP) is 2.86. The van der Waals surface area contributed by atoms with Crippen LogP contribution < -0.4 is 10.1 Å². The van der Waals surface area contributed by atoms with E-state index >= 15 is 0 Å². The van der Waals surface area contributed by atoms with Crippen LogP contribution in [0.25, 0.3) is 22.3 Å². The summed E-state index contributed by atoms with van der Waals surface area (Å²) < 4.78 is 9.18. The van der Waals surface area contributed by atoms with Gasteiger partial charge in [0, 0.05) is 29.6 Å².